The second kappa shape index (κ2) is 10.3. The molecule has 9 heteroatoms. The molecule has 30 heavy (non-hydrogen) atoms. The Labute approximate surface area is 178 Å². The lowest BCUT2D eigenvalue weighted by Crippen LogP contribution is -2.66. The van der Waals surface area contributed by atoms with Crippen molar-refractivity contribution in [1.29, 1.82) is 0 Å². The van der Waals surface area contributed by atoms with Gasteiger partial charge in [0.1, 0.15) is 0 Å². The Hall–Kier alpha value is -1.42. The molecular formula is C21H35N3O6. The minimum Gasteiger partial charge on any atom is -0.373 e. The zero-order valence-electron chi connectivity index (χ0n) is 17.7. The number of aliphatic hydroxyl groups excluding tert-OH is 1. The van der Waals surface area contributed by atoms with Gasteiger partial charge in [0, 0.05) is 19.6 Å². The highest BCUT2D eigenvalue weighted by atomic mass is 16.6. The van der Waals surface area contributed by atoms with Gasteiger partial charge in [0.2, 0.25) is 6.35 Å². The quantitative estimate of drug-likeness (QED) is 0.319. The third kappa shape index (κ3) is 6.29. The van der Waals surface area contributed by atoms with E-state index in [1.165, 1.54) is 14.7 Å². The normalized spacial score (nSPS) is 30.2. The molecular weight excluding hydrogens is 390 g/mol. The fourth-order valence-corrected chi connectivity index (χ4v) is 4.03. The van der Waals surface area contributed by atoms with E-state index in [2.05, 4.69) is 0 Å². The molecule has 0 bridgehead atoms. The van der Waals surface area contributed by atoms with E-state index in [0.29, 0.717) is 37.9 Å². The molecule has 1 N–H and O–H groups in total. The van der Waals surface area contributed by atoms with E-state index in [9.17, 15) is 14.7 Å². The molecule has 4 saturated heterocycles. The molecule has 0 saturated carbocycles. The maximum Gasteiger partial charge on any atom is 0.331 e. The molecule has 4 rings (SSSR count). The number of ether oxygens (including phenoxy) is 3. The number of aliphatic hydroxyl groups is 1. The van der Waals surface area contributed by atoms with Crippen molar-refractivity contribution in [3.63, 3.8) is 0 Å². The van der Waals surface area contributed by atoms with Gasteiger partial charge in [0.15, 0.2) is 0 Å². The number of unbranched alkanes of at least 4 members (excludes halogenated alkanes) is 3. The molecule has 0 aromatic rings. The van der Waals surface area contributed by atoms with Crippen LogP contribution in [-0.4, -0.2) is 96.0 Å². The van der Waals surface area contributed by atoms with E-state index in [1.807, 2.05) is 0 Å². The van der Waals surface area contributed by atoms with Crippen molar-refractivity contribution in [3.8, 4) is 0 Å². The zero-order valence-corrected chi connectivity index (χ0v) is 17.7. The Morgan fingerprint density at radius 1 is 0.667 bits per heavy atom. The van der Waals surface area contributed by atoms with Crippen molar-refractivity contribution in [3.05, 3.63) is 0 Å². The second-order valence-electron chi connectivity index (χ2n) is 8.80. The van der Waals surface area contributed by atoms with Crippen LogP contribution in [0.5, 0.6) is 0 Å². The highest BCUT2D eigenvalue weighted by Gasteiger charge is 2.42. The van der Waals surface area contributed by atoms with Gasteiger partial charge >= 0.3 is 12.1 Å². The topological polar surface area (TPSA) is 102 Å². The van der Waals surface area contributed by atoms with Crippen LogP contribution in [-0.2, 0) is 14.2 Å². The minimum atomic E-state index is -1.18. The van der Waals surface area contributed by atoms with E-state index in [0.717, 1.165) is 77.6 Å². The summed E-state index contributed by atoms with van der Waals surface area (Å²) in [6.07, 6.45) is 7.99. The predicted molar refractivity (Wildman–Crippen MR) is 108 cm³/mol. The number of amides is 4. The van der Waals surface area contributed by atoms with E-state index >= 15 is 0 Å². The van der Waals surface area contributed by atoms with Gasteiger partial charge in [-0.1, -0.05) is 0 Å². The first kappa shape index (κ1) is 21.8. The third-order valence-electron chi connectivity index (χ3n) is 6.23. The first-order chi connectivity index (χ1) is 14.6. The van der Waals surface area contributed by atoms with Crippen LogP contribution in [0.3, 0.4) is 0 Å². The van der Waals surface area contributed by atoms with Crippen molar-refractivity contribution in [2.24, 2.45) is 0 Å². The number of hydrogen-bond acceptors (Lipinski definition) is 6. The van der Waals surface area contributed by atoms with Crippen LogP contribution in [0.25, 0.3) is 0 Å². The van der Waals surface area contributed by atoms with Crippen LogP contribution in [0.4, 0.5) is 9.59 Å². The minimum absolute atomic E-state index is 0.360. The largest absolute Gasteiger partial charge is 0.373 e. The number of carbonyl (C=O) groups excluding carboxylic acids is 2. The Kier molecular flexibility index (Phi) is 7.45. The molecule has 4 heterocycles. The van der Waals surface area contributed by atoms with Crippen molar-refractivity contribution in [2.45, 2.75) is 82.5 Å². The second-order valence-corrected chi connectivity index (χ2v) is 8.80. The summed E-state index contributed by atoms with van der Waals surface area (Å²) < 4.78 is 15.7. The lowest BCUT2D eigenvalue weighted by atomic mass is 10.1. The van der Waals surface area contributed by atoms with Crippen molar-refractivity contribution in [2.75, 3.05) is 39.5 Å². The number of rotatable bonds is 15. The molecule has 3 atom stereocenters. The monoisotopic (exact) mass is 425 g/mol. The first-order valence-electron chi connectivity index (χ1n) is 11.5. The maximum absolute atomic E-state index is 13.0. The molecule has 4 amide bonds. The lowest BCUT2D eigenvalue weighted by molar-refractivity contribution is -0.0937. The summed E-state index contributed by atoms with van der Waals surface area (Å²) in [5.41, 5.74) is 0. The summed E-state index contributed by atoms with van der Waals surface area (Å²) in [6, 6.07) is -0.749. The summed E-state index contributed by atoms with van der Waals surface area (Å²) in [7, 11) is 0. The molecule has 0 aromatic carbocycles. The molecule has 9 nitrogen and oxygen atoms in total. The fourth-order valence-electron chi connectivity index (χ4n) is 4.03. The standard InChI is InChI=1S/C21H35N3O6/c25-19-22(10-4-1-7-16-13-28-16)20(26)24(12-6-3-9-18-15-30-18)21(27)23(19)11-5-2-8-17-14-29-17/h16-19,25H,1-15H2. The van der Waals surface area contributed by atoms with Crippen molar-refractivity contribution in [1.82, 2.24) is 14.7 Å². The van der Waals surface area contributed by atoms with Crippen LogP contribution >= 0.6 is 0 Å². The lowest BCUT2D eigenvalue weighted by Gasteiger charge is -2.44. The van der Waals surface area contributed by atoms with Gasteiger partial charge in [-0.2, -0.15) is 0 Å². The average molecular weight is 426 g/mol. The zero-order chi connectivity index (χ0) is 20.9. The van der Waals surface area contributed by atoms with Crippen LogP contribution in [0.15, 0.2) is 0 Å². The van der Waals surface area contributed by atoms with Crippen molar-refractivity contribution >= 4 is 12.1 Å². The number of imide groups is 1. The SMILES string of the molecule is O=C1N(CCCCC2CO2)C(=O)N(CCCCC2CO2)C(O)N1CCCCC1CO1. The Bertz CT molecular complexity index is 553. The number of carbonyl (C=O) groups is 2. The highest BCUT2D eigenvalue weighted by Crippen LogP contribution is 2.24. The first-order valence-corrected chi connectivity index (χ1v) is 11.5. The van der Waals surface area contributed by atoms with E-state index < -0.39 is 6.35 Å². The Morgan fingerprint density at radius 3 is 1.40 bits per heavy atom. The third-order valence-corrected chi connectivity index (χ3v) is 6.23. The number of hydrogen-bond donors (Lipinski definition) is 1. The van der Waals surface area contributed by atoms with Crippen LogP contribution in [0.2, 0.25) is 0 Å². The number of urea groups is 2. The van der Waals surface area contributed by atoms with Gasteiger partial charge in [-0.25, -0.2) is 14.5 Å². The smallest absolute Gasteiger partial charge is 0.331 e. The summed E-state index contributed by atoms with van der Waals surface area (Å²) in [4.78, 5) is 30.2. The van der Waals surface area contributed by atoms with Crippen LogP contribution < -0.4 is 0 Å². The predicted octanol–water partition coefficient (Wildman–Crippen LogP) is 2.13. The fraction of sp³-hybridized carbons (Fsp3) is 0.905. The van der Waals surface area contributed by atoms with E-state index in [4.69, 9.17) is 14.2 Å². The summed E-state index contributed by atoms with van der Waals surface area (Å²) in [6.45, 7) is 3.76. The molecule has 0 aromatic heterocycles. The van der Waals surface area contributed by atoms with Crippen molar-refractivity contribution < 1.29 is 28.9 Å². The summed E-state index contributed by atoms with van der Waals surface area (Å²) in [5, 5.41) is 10.8. The summed E-state index contributed by atoms with van der Waals surface area (Å²) >= 11 is 0. The van der Waals surface area contributed by atoms with Crippen LogP contribution in [0, 0.1) is 0 Å². The maximum atomic E-state index is 13.0. The van der Waals surface area contributed by atoms with E-state index in [-0.39, 0.29) is 12.1 Å². The van der Waals surface area contributed by atoms with Gasteiger partial charge < -0.3 is 19.3 Å². The average Bonchev–Trinajstić information content (AvgIpc) is 3.58. The number of nitrogens with zero attached hydrogens (tertiary/aromatic N) is 3. The molecule has 0 spiro atoms. The van der Waals surface area contributed by atoms with E-state index in [1.54, 1.807) is 0 Å². The highest BCUT2D eigenvalue weighted by molar-refractivity contribution is 5.95. The molecule has 170 valence electrons. The summed E-state index contributed by atoms with van der Waals surface area (Å²) in [5.74, 6) is 0. The molecule has 4 aliphatic rings. The van der Waals surface area contributed by atoms with Gasteiger partial charge in [-0.05, 0) is 57.8 Å². The van der Waals surface area contributed by atoms with Crippen LogP contribution in [0.1, 0.15) is 57.8 Å². The Morgan fingerprint density at radius 2 is 1.03 bits per heavy atom. The molecule has 3 unspecified atom stereocenters. The molecule has 0 aliphatic carbocycles. The van der Waals surface area contributed by atoms with Gasteiger partial charge in [0.25, 0.3) is 0 Å². The molecule has 4 fully saturated rings. The van der Waals surface area contributed by atoms with Gasteiger partial charge in [-0.3, -0.25) is 9.80 Å². The molecule has 4 aliphatic heterocycles. The molecule has 0 radical (unpaired) electrons. The Balaban J connectivity index is 1.29. The van der Waals surface area contributed by atoms with Gasteiger partial charge in [-0.15, -0.1) is 0 Å². The number of epoxide rings is 3. The van der Waals surface area contributed by atoms with Gasteiger partial charge in [0.05, 0.1) is 38.1 Å².